The average molecular weight is 286 g/mol. The highest BCUT2D eigenvalue weighted by Crippen LogP contribution is 2.17. The lowest BCUT2D eigenvalue weighted by Crippen LogP contribution is -2.20. The van der Waals surface area contributed by atoms with Gasteiger partial charge in [-0.1, -0.05) is 18.2 Å². The Kier molecular flexibility index (Phi) is 4.81. The van der Waals surface area contributed by atoms with E-state index in [2.05, 4.69) is 20.6 Å². The summed E-state index contributed by atoms with van der Waals surface area (Å²) in [4.78, 5) is 30.1. The van der Waals surface area contributed by atoms with Crippen molar-refractivity contribution in [2.45, 2.75) is 12.8 Å². The molecule has 2 aromatic rings. The molecule has 1 aromatic heterocycles. The lowest BCUT2D eigenvalue weighted by Gasteiger charge is -2.11. The monoisotopic (exact) mass is 286 g/mol. The van der Waals surface area contributed by atoms with Crippen LogP contribution in [0.25, 0.3) is 0 Å². The molecule has 7 heteroatoms. The van der Waals surface area contributed by atoms with Crippen LogP contribution in [0.5, 0.6) is 0 Å². The van der Waals surface area contributed by atoms with Crippen LogP contribution in [0.15, 0.2) is 43.0 Å². The van der Waals surface area contributed by atoms with Crippen LogP contribution in [0.4, 0.5) is 16.2 Å². The molecule has 0 radical (unpaired) electrons. The van der Waals surface area contributed by atoms with E-state index in [0.717, 1.165) is 5.56 Å². The first-order valence-corrected chi connectivity index (χ1v) is 6.28. The van der Waals surface area contributed by atoms with Gasteiger partial charge in [0.1, 0.15) is 6.33 Å². The second kappa shape index (κ2) is 6.99. The van der Waals surface area contributed by atoms with E-state index in [1.165, 1.54) is 18.7 Å². The van der Waals surface area contributed by atoms with E-state index in [9.17, 15) is 9.59 Å². The van der Waals surface area contributed by atoms with Crippen LogP contribution in [-0.2, 0) is 11.2 Å². The summed E-state index contributed by atoms with van der Waals surface area (Å²) >= 11 is 0. The Morgan fingerprint density at radius 2 is 1.81 bits per heavy atom. The van der Waals surface area contributed by atoms with Gasteiger partial charge < -0.3 is 15.7 Å². The molecule has 1 heterocycles. The van der Waals surface area contributed by atoms with Gasteiger partial charge in [0.15, 0.2) is 0 Å². The lowest BCUT2D eigenvalue weighted by molar-refractivity contribution is -0.136. The van der Waals surface area contributed by atoms with Gasteiger partial charge >= 0.3 is 12.0 Å². The van der Waals surface area contributed by atoms with Crippen molar-refractivity contribution in [2.24, 2.45) is 0 Å². The quantitative estimate of drug-likeness (QED) is 0.781. The molecule has 0 atom stereocenters. The number of aryl methyl sites for hydroxylation is 1. The second-order valence-corrected chi connectivity index (χ2v) is 4.26. The van der Waals surface area contributed by atoms with Gasteiger partial charge in [-0.3, -0.25) is 4.79 Å². The fraction of sp³-hybridized carbons (Fsp3) is 0.143. The topological polar surface area (TPSA) is 104 Å². The Labute approximate surface area is 121 Å². The van der Waals surface area contributed by atoms with Crippen molar-refractivity contribution >= 4 is 23.4 Å². The summed E-state index contributed by atoms with van der Waals surface area (Å²) in [5.41, 5.74) is 1.81. The minimum atomic E-state index is -0.879. The van der Waals surface area contributed by atoms with Crippen LogP contribution < -0.4 is 10.6 Å². The van der Waals surface area contributed by atoms with E-state index < -0.39 is 12.0 Å². The van der Waals surface area contributed by atoms with Crippen LogP contribution in [0, 0.1) is 0 Å². The van der Waals surface area contributed by atoms with Gasteiger partial charge in [-0.2, -0.15) is 0 Å². The smallest absolute Gasteiger partial charge is 0.323 e. The molecule has 0 bridgehead atoms. The largest absolute Gasteiger partial charge is 0.481 e. The van der Waals surface area contributed by atoms with Gasteiger partial charge in [-0.15, -0.1) is 0 Å². The number of carbonyl (C=O) groups excluding carboxylic acids is 1. The molecule has 0 spiro atoms. The molecule has 0 aliphatic rings. The van der Waals surface area contributed by atoms with Crippen LogP contribution in [0.2, 0.25) is 0 Å². The van der Waals surface area contributed by atoms with Crippen molar-refractivity contribution in [1.29, 1.82) is 0 Å². The van der Waals surface area contributed by atoms with Gasteiger partial charge in [-0.05, 0) is 18.1 Å². The number of carboxylic acid groups (broad SMARTS) is 1. The van der Waals surface area contributed by atoms with E-state index in [0.29, 0.717) is 17.8 Å². The number of amides is 2. The van der Waals surface area contributed by atoms with E-state index in [1.807, 2.05) is 0 Å². The Hall–Kier alpha value is -2.96. The van der Waals surface area contributed by atoms with Crippen molar-refractivity contribution in [3.8, 4) is 0 Å². The summed E-state index contributed by atoms with van der Waals surface area (Å²) < 4.78 is 0. The average Bonchev–Trinajstić information content (AvgIpc) is 2.47. The number of anilines is 2. The molecule has 108 valence electrons. The second-order valence-electron chi connectivity index (χ2n) is 4.26. The van der Waals surface area contributed by atoms with Crippen LogP contribution in [0.1, 0.15) is 12.0 Å². The van der Waals surface area contributed by atoms with E-state index in [-0.39, 0.29) is 6.42 Å². The van der Waals surface area contributed by atoms with E-state index in [4.69, 9.17) is 5.11 Å². The number of hydrogen-bond acceptors (Lipinski definition) is 4. The maximum absolute atomic E-state index is 11.9. The third kappa shape index (κ3) is 4.57. The third-order valence-corrected chi connectivity index (χ3v) is 2.69. The summed E-state index contributed by atoms with van der Waals surface area (Å²) in [6.45, 7) is 0. The summed E-state index contributed by atoms with van der Waals surface area (Å²) in [5, 5.41) is 14.0. The van der Waals surface area contributed by atoms with Crippen LogP contribution >= 0.6 is 0 Å². The van der Waals surface area contributed by atoms with Crippen LogP contribution in [0.3, 0.4) is 0 Å². The number of nitrogens with zero attached hydrogens (tertiary/aromatic N) is 2. The minimum Gasteiger partial charge on any atom is -0.481 e. The zero-order chi connectivity index (χ0) is 15.1. The van der Waals surface area contributed by atoms with Crippen molar-refractivity contribution in [1.82, 2.24) is 9.97 Å². The number of para-hydroxylation sites is 1. The van der Waals surface area contributed by atoms with Gasteiger partial charge in [0, 0.05) is 12.1 Å². The third-order valence-electron chi connectivity index (χ3n) is 2.69. The molecule has 1 aromatic carbocycles. The molecule has 0 aliphatic carbocycles. The number of hydrogen-bond donors (Lipinski definition) is 3. The standard InChI is InChI=1S/C14H14N4O3/c19-13(20)6-5-10-3-1-2-4-12(10)18-14(21)17-11-7-15-9-16-8-11/h1-4,7-9H,5-6H2,(H,19,20)(H2,17,18,21). The molecule has 7 nitrogen and oxygen atoms in total. The highest BCUT2D eigenvalue weighted by Gasteiger charge is 2.08. The van der Waals surface area contributed by atoms with Crippen LogP contribution in [-0.4, -0.2) is 27.1 Å². The number of carboxylic acids is 1. The first-order valence-electron chi connectivity index (χ1n) is 6.28. The Morgan fingerprint density at radius 1 is 1.10 bits per heavy atom. The molecule has 2 rings (SSSR count). The number of carbonyl (C=O) groups is 2. The molecule has 0 aliphatic heterocycles. The molecule has 0 saturated carbocycles. The number of benzene rings is 1. The number of rotatable bonds is 5. The molecular formula is C14H14N4O3. The lowest BCUT2D eigenvalue weighted by atomic mass is 10.1. The Balaban J connectivity index is 2.01. The van der Waals surface area contributed by atoms with Crippen molar-refractivity contribution in [3.05, 3.63) is 48.5 Å². The molecule has 21 heavy (non-hydrogen) atoms. The normalized spacial score (nSPS) is 9.90. The summed E-state index contributed by atoms with van der Waals surface area (Å²) in [5.74, 6) is -0.879. The predicted octanol–water partition coefficient (Wildman–Crippen LogP) is 2.14. The number of urea groups is 1. The molecule has 0 unspecified atom stereocenters. The van der Waals surface area contributed by atoms with Gasteiger partial charge in [0.25, 0.3) is 0 Å². The predicted molar refractivity (Wildman–Crippen MR) is 77.1 cm³/mol. The zero-order valence-corrected chi connectivity index (χ0v) is 11.1. The molecule has 2 amide bonds. The number of nitrogens with one attached hydrogen (secondary N) is 2. The molecule has 0 fully saturated rings. The van der Waals surface area contributed by atoms with Crippen molar-refractivity contribution in [3.63, 3.8) is 0 Å². The summed E-state index contributed by atoms with van der Waals surface area (Å²) in [6, 6.07) is 6.63. The zero-order valence-electron chi connectivity index (χ0n) is 11.1. The van der Waals surface area contributed by atoms with Gasteiger partial charge in [0.05, 0.1) is 18.1 Å². The van der Waals surface area contributed by atoms with Gasteiger partial charge in [0.2, 0.25) is 0 Å². The fourth-order valence-electron chi connectivity index (χ4n) is 1.75. The molecule has 0 saturated heterocycles. The maximum atomic E-state index is 11.9. The van der Waals surface area contributed by atoms with Crippen molar-refractivity contribution < 1.29 is 14.7 Å². The Bertz CT molecular complexity index is 631. The van der Waals surface area contributed by atoms with E-state index >= 15 is 0 Å². The van der Waals surface area contributed by atoms with Gasteiger partial charge in [-0.25, -0.2) is 14.8 Å². The first kappa shape index (κ1) is 14.4. The van der Waals surface area contributed by atoms with Crippen molar-refractivity contribution in [2.75, 3.05) is 10.6 Å². The number of aliphatic carboxylic acids is 1. The maximum Gasteiger partial charge on any atom is 0.323 e. The summed E-state index contributed by atoms with van der Waals surface area (Å²) in [7, 11) is 0. The Morgan fingerprint density at radius 3 is 2.52 bits per heavy atom. The number of aromatic nitrogens is 2. The first-order chi connectivity index (χ1) is 10.1. The SMILES string of the molecule is O=C(O)CCc1ccccc1NC(=O)Nc1cncnc1. The molecular weight excluding hydrogens is 272 g/mol. The highest BCUT2D eigenvalue weighted by molar-refractivity contribution is 6.00. The minimum absolute atomic E-state index is 0.00678. The highest BCUT2D eigenvalue weighted by atomic mass is 16.4. The summed E-state index contributed by atoms with van der Waals surface area (Å²) in [6.07, 6.45) is 4.67. The fourth-order valence-corrected chi connectivity index (χ4v) is 1.75. The van der Waals surface area contributed by atoms with E-state index in [1.54, 1.807) is 24.3 Å². The molecule has 3 N–H and O–H groups in total.